The molecule has 0 amide bonds. The van der Waals surface area contributed by atoms with E-state index in [-0.39, 0.29) is 6.04 Å². The summed E-state index contributed by atoms with van der Waals surface area (Å²) in [6.45, 7) is 2.12. The van der Waals surface area contributed by atoms with Gasteiger partial charge in [-0.15, -0.1) is 0 Å². The van der Waals surface area contributed by atoms with Crippen molar-refractivity contribution in [3.8, 4) is 0 Å². The fourth-order valence-corrected chi connectivity index (χ4v) is 5.71. The number of aryl methyl sites for hydroxylation is 1. The van der Waals surface area contributed by atoms with Crippen molar-refractivity contribution >= 4 is 38.2 Å². The van der Waals surface area contributed by atoms with Gasteiger partial charge in [0.15, 0.2) is 0 Å². The number of nitrogens with zero attached hydrogens (tertiary/aromatic N) is 1. The van der Waals surface area contributed by atoms with Crippen LogP contribution in [-0.4, -0.2) is 25.5 Å². The molecule has 1 saturated carbocycles. The van der Waals surface area contributed by atoms with Gasteiger partial charge in [-0.3, -0.25) is 4.98 Å². The molecule has 2 N–H and O–H groups in total. The first-order valence-corrected chi connectivity index (χ1v) is 12.7. The van der Waals surface area contributed by atoms with E-state index in [1.165, 1.54) is 5.56 Å². The van der Waals surface area contributed by atoms with Gasteiger partial charge in [-0.05, 0) is 74.1 Å². The van der Waals surface area contributed by atoms with E-state index in [0.29, 0.717) is 16.0 Å². The summed E-state index contributed by atoms with van der Waals surface area (Å²) in [5, 5.41) is 5.33. The topological polar surface area (TPSA) is 71.1 Å². The summed E-state index contributed by atoms with van der Waals surface area (Å²) in [7, 11) is -3.49. The number of nitrogens with one attached hydrogen (secondary N) is 2. The molecule has 0 unspecified atom stereocenters. The molecule has 164 valence electrons. The summed E-state index contributed by atoms with van der Waals surface area (Å²) in [4.78, 5) is 4.73. The van der Waals surface area contributed by atoms with Gasteiger partial charge >= 0.3 is 0 Å². The molecular weight excluding hydrogens is 430 g/mol. The van der Waals surface area contributed by atoms with E-state index in [4.69, 9.17) is 11.6 Å². The lowest BCUT2D eigenvalue weighted by molar-refractivity contribution is 0.387. The Hall–Kier alpha value is -2.15. The van der Waals surface area contributed by atoms with E-state index in [9.17, 15) is 8.42 Å². The zero-order valence-electron chi connectivity index (χ0n) is 17.6. The molecule has 5 nitrogen and oxygen atoms in total. The van der Waals surface area contributed by atoms with E-state index in [0.717, 1.165) is 55.1 Å². The predicted octanol–water partition coefficient (Wildman–Crippen LogP) is 5.54. The van der Waals surface area contributed by atoms with Crippen LogP contribution in [-0.2, 0) is 16.4 Å². The molecule has 1 aromatic heterocycles. The Morgan fingerprint density at radius 1 is 1.00 bits per heavy atom. The maximum Gasteiger partial charge on any atom is 0.240 e. The highest BCUT2D eigenvalue weighted by molar-refractivity contribution is 7.89. The van der Waals surface area contributed by atoms with Gasteiger partial charge in [0, 0.05) is 34.4 Å². The molecule has 0 atom stereocenters. The molecular formula is C24H28ClN3O2S. The van der Waals surface area contributed by atoms with Crippen LogP contribution in [0.2, 0.25) is 5.02 Å². The van der Waals surface area contributed by atoms with Crippen LogP contribution in [0.3, 0.4) is 0 Å². The summed E-state index contributed by atoms with van der Waals surface area (Å²) in [6, 6.07) is 15.2. The minimum atomic E-state index is -3.49. The first-order chi connectivity index (χ1) is 14.9. The van der Waals surface area contributed by atoms with Crippen LogP contribution in [0.25, 0.3) is 10.9 Å². The number of hydrogen-bond acceptors (Lipinski definition) is 4. The largest absolute Gasteiger partial charge is 0.382 e. The van der Waals surface area contributed by atoms with E-state index in [1.54, 1.807) is 18.3 Å². The third-order valence-corrected chi connectivity index (χ3v) is 7.66. The number of halogens is 1. The molecule has 1 heterocycles. The van der Waals surface area contributed by atoms with Crippen LogP contribution >= 0.6 is 11.6 Å². The van der Waals surface area contributed by atoms with E-state index >= 15 is 0 Å². The molecule has 7 heteroatoms. The fraction of sp³-hybridized carbons (Fsp3) is 0.375. The molecule has 0 bridgehead atoms. The van der Waals surface area contributed by atoms with Crippen LogP contribution < -0.4 is 10.0 Å². The smallest absolute Gasteiger partial charge is 0.240 e. The third kappa shape index (κ3) is 5.37. The average Bonchev–Trinajstić information content (AvgIpc) is 2.75. The third-order valence-electron chi connectivity index (χ3n) is 5.89. The van der Waals surface area contributed by atoms with Crippen molar-refractivity contribution in [3.63, 3.8) is 0 Å². The minimum Gasteiger partial charge on any atom is -0.382 e. The number of pyridine rings is 1. The summed E-state index contributed by atoms with van der Waals surface area (Å²) in [6.07, 6.45) is 7.21. The van der Waals surface area contributed by atoms with Crippen LogP contribution in [0.1, 0.15) is 44.6 Å². The van der Waals surface area contributed by atoms with Crippen LogP contribution in [0.4, 0.5) is 5.69 Å². The zero-order valence-corrected chi connectivity index (χ0v) is 19.2. The van der Waals surface area contributed by atoms with Gasteiger partial charge < -0.3 is 5.32 Å². The van der Waals surface area contributed by atoms with Crippen molar-refractivity contribution in [3.05, 3.63) is 65.3 Å². The molecule has 1 aliphatic carbocycles. The first-order valence-electron chi connectivity index (χ1n) is 10.9. The van der Waals surface area contributed by atoms with Crippen molar-refractivity contribution in [2.24, 2.45) is 0 Å². The highest BCUT2D eigenvalue weighted by atomic mass is 35.5. The van der Waals surface area contributed by atoms with Gasteiger partial charge in [-0.25, -0.2) is 13.1 Å². The summed E-state index contributed by atoms with van der Waals surface area (Å²) in [5.41, 5.74) is 3.07. The summed E-state index contributed by atoms with van der Waals surface area (Å²) >= 11 is 6.08. The van der Waals surface area contributed by atoms with Crippen LogP contribution in [0.5, 0.6) is 0 Å². The molecule has 0 spiro atoms. The standard InChI is InChI=1S/C24H28ClN3O2S/c1-2-3-17-4-11-21(12-5-17)31(29,30)28-20-9-7-19(8-10-20)27-23-14-15-26-24-16-18(25)6-13-22(23)24/h4-6,11-16,19-20,28H,2-3,7-10H2,1H3,(H,26,27). The number of anilines is 1. The van der Waals surface area contributed by atoms with E-state index in [1.807, 2.05) is 36.4 Å². The molecule has 31 heavy (non-hydrogen) atoms. The molecule has 0 aliphatic heterocycles. The molecule has 3 aromatic rings. The van der Waals surface area contributed by atoms with Crippen molar-refractivity contribution in [2.45, 2.75) is 62.4 Å². The number of fused-ring (bicyclic) bond motifs is 1. The lowest BCUT2D eigenvalue weighted by atomic mass is 9.91. The van der Waals surface area contributed by atoms with Gasteiger partial charge in [0.1, 0.15) is 0 Å². The highest BCUT2D eigenvalue weighted by Crippen LogP contribution is 2.28. The number of aromatic nitrogens is 1. The second-order valence-electron chi connectivity index (χ2n) is 8.23. The van der Waals surface area contributed by atoms with Gasteiger partial charge in [0.05, 0.1) is 10.4 Å². The number of hydrogen-bond donors (Lipinski definition) is 2. The SMILES string of the molecule is CCCc1ccc(S(=O)(=O)NC2CCC(Nc3ccnc4cc(Cl)ccc34)CC2)cc1. The molecule has 1 aliphatic rings. The number of sulfonamides is 1. The maximum atomic E-state index is 12.8. The highest BCUT2D eigenvalue weighted by Gasteiger charge is 2.26. The second kappa shape index (κ2) is 9.55. The summed E-state index contributed by atoms with van der Waals surface area (Å²) in [5.74, 6) is 0. The van der Waals surface area contributed by atoms with E-state index in [2.05, 4.69) is 21.9 Å². The van der Waals surface area contributed by atoms with Crippen molar-refractivity contribution in [1.82, 2.24) is 9.71 Å². The zero-order chi connectivity index (χ0) is 21.8. The Morgan fingerprint density at radius 2 is 1.71 bits per heavy atom. The Balaban J connectivity index is 1.35. The minimum absolute atomic E-state index is 0.0358. The molecule has 4 rings (SSSR count). The first kappa shape index (κ1) is 22.1. The van der Waals surface area contributed by atoms with Gasteiger partial charge in [0.25, 0.3) is 0 Å². The Bertz CT molecular complexity index is 1140. The van der Waals surface area contributed by atoms with Crippen molar-refractivity contribution in [1.29, 1.82) is 0 Å². The molecule has 0 saturated heterocycles. The lowest BCUT2D eigenvalue weighted by Crippen LogP contribution is -2.40. The Kier molecular flexibility index (Phi) is 6.80. The Labute approximate surface area is 189 Å². The van der Waals surface area contributed by atoms with Crippen LogP contribution in [0, 0.1) is 0 Å². The summed E-state index contributed by atoms with van der Waals surface area (Å²) < 4.78 is 28.4. The van der Waals surface area contributed by atoms with Gasteiger partial charge in [0.2, 0.25) is 10.0 Å². The average molecular weight is 458 g/mol. The van der Waals surface area contributed by atoms with Crippen LogP contribution in [0.15, 0.2) is 59.6 Å². The molecule has 1 fully saturated rings. The quantitative estimate of drug-likeness (QED) is 0.488. The monoisotopic (exact) mass is 457 g/mol. The van der Waals surface area contributed by atoms with E-state index < -0.39 is 10.0 Å². The Morgan fingerprint density at radius 3 is 2.42 bits per heavy atom. The molecule has 0 radical (unpaired) electrons. The normalized spacial score (nSPS) is 19.4. The lowest BCUT2D eigenvalue weighted by Gasteiger charge is -2.30. The van der Waals surface area contributed by atoms with Gasteiger partial charge in [-0.1, -0.05) is 37.1 Å². The van der Waals surface area contributed by atoms with Crippen molar-refractivity contribution in [2.75, 3.05) is 5.32 Å². The fourth-order valence-electron chi connectivity index (χ4n) is 4.23. The predicted molar refractivity (Wildman–Crippen MR) is 127 cm³/mol. The molecule has 2 aromatic carbocycles. The maximum absolute atomic E-state index is 12.8. The number of rotatable bonds is 7. The van der Waals surface area contributed by atoms with Gasteiger partial charge in [-0.2, -0.15) is 0 Å². The van der Waals surface area contributed by atoms with Crippen molar-refractivity contribution < 1.29 is 8.42 Å². The number of benzene rings is 2. The second-order valence-corrected chi connectivity index (χ2v) is 10.4.